The number of hydrogen-bond acceptors (Lipinski definition) is 3. The van der Waals surface area contributed by atoms with Crippen LogP contribution in [0, 0.1) is 13.8 Å². The van der Waals surface area contributed by atoms with Crippen LogP contribution in [-0.4, -0.2) is 34.9 Å². The molecule has 1 aliphatic heterocycles. The molecule has 22 heavy (non-hydrogen) atoms. The molecule has 2 aromatic rings. The highest BCUT2D eigenvalue weighted by atomic mass is 16.2. The van der Waals surface area contributed by atoms with E-state index < -0.39 is 0 Å². The molecule has 0 radical (unpaired) electrons. The van der Waals surface area contributed by atoms with E-state index in [1.807, 2.05) is 19.1 Å². The number of aryl methyl sites for hydroxylation is 2. The Labute approximate surface area is 129 Å². The van der Waals surface area contributed by atoms with Crippen LogP contribution in [0.2, 0.25) is 0 Å². The maximum atomic E-state index is 11.1. The van der Waals surface area contributed by atoms with E-state index in [4.69, 9.17) is 0 Å². The van der Waals surface area contributed by atoms with Crippen molar-refractivity contribution in [2.24, 2.45) is 0 Å². The van der Waals surface area contributed by atoms with Crippen molar-refractivity contribution in [2.75, 3.05) is 6.54 Å². The predicted molar refractivity (Wildman–Crippen MR) is 85.4 cm³/mol. The average molecular weight is 302 g/mol. The van der Waals surface area contributed by atoms with Gasteiger partial charge < -0.3 is 15.6 Å². The zero-order valence-electron chi connectivity index (χ0n) is 13.0. The minimum Gasteiger partial charge on any atom is -0.354 e. The Balaban J connectivity index is 0.000000160. The van der Waals surface area contributed by atoms with Gasteiger partial charge in [-0.1, -0.05) is 12.1 Å². The van der Waals surface area contributed by atoms with Crippen molar-refractivity contribution in [1.29, 1.82) is 0 Å². The summed E-state index contributed by atoms with van der Waals surface area (Å²) in [6.45, 7) is 4.78. The van der Waals surface area contributed by atoms with Crippen LogP contribution in [0.3, 0.4) is 0 Å². The summed E-state index contributed by atoms with van der Waals surface area (Å²) in [6, 6.07) is 5.84. The van der Waals surface area contributed by atoms with Crippen LogP contribution < -0.4 is 10.6 Å². The lowest BCUT2D eigenvalue weighted by molar-refractivity contribution is -0.125. The first-order valence-electron chi connectivity index (χ1n) is 7.51. The Morgan fingerprint density at radius 2 is 2.14 bits per heavy atom. The molecule has 3 rings (SSSR count). The second-order valence-electron chi connectivity index (χ2n) is 5.42. The second kappa shape index (κ2) is 7.59. The molecule has 1 aromatic heterocycles. The molecule has 1 fully saturated rings. The van der Waals surface area contributed by atoms with Gasteiger partial charge >= 0.3 is 0 Å². The van der Waals surface area contributed by atoms with Crippen molar-refractivity contribution >= 4 is 23.4 Å². The van der Waals surface area contributed by atoms with Gasteiger partial charge in [-0.3, -0.25) is 9.59 Å². The van der Waals surface area contributed by atoms with E-state index in [-0.39, 0.29) is 11.9 Å². The number of aromatic nitrogens is 2. The molecule has 6 heteroatoms. The molecule has 0 spiro atoms. The fraction of sp³-hybridized carbons (Fsp3) is 0.438. The zero-order valence-corrected chi connectivity index (χ0v) is 13.0. The fourth-order valence-electron chi connectivity index (χ4n) is 2.48. The second-order valence-corrected chi connectivity index (χ2v) is 5.42. The van der Waals surface area contributed by atoms with Gasteiger partial charge in [0, 0.05) is 6.54 Å². The number of rotatable bonds is 2. The molecule has 1 aliphatic rings. The van der Waals surface area contributed by atoms with Crippen LogP contribution in [-0.2, 0) is 9.59 Å². The van der Waals surface area contributed by atoms with Gasteiger partial charge in [0.1, 0.15) is 11.9 Å². The van der Waals surface area contributed by atoms with Crippen LogP contribution >= 0.6 is 0 Å². The summed E-state index contributed by atoms with van der Waals surface area (Å²) in [7, 11) is 0. The van der Waals surface area contributed by atoms with Crippen molar-refractivity contribution in [2.45, 2.75) is 39.2 Å². The summed E-state index contributed by atoms with van der Waals surface area (Å²) < 4.78 is 0. The molecule has 3 N–H and O–H groups in total. The number of hydrogen-bond donors (Lipinski definition) is 3. The molecule has 2 heterocycles. The number of H-pyrrole nitrogens is 1. The number of nitrogens with one attached hydrogen (secondary N) is 3. The minimum absolute atomic E-state index is 0.0606. The number of amides is 2. The molecule has 1 aromatic carbocycles. The van der Waals surface area contributed by atoms with Crippen LogP contribution in [0.15, 0.2) is 18.2 Å². The van der Waals surface area contributed by atoms with E-state index in [1.54, 1.807) is 0 Å². The molecule has 1 unspecified atom stereocenters. The first kappa shape index (κ1) is 16.0. The number of carbonyl (C=O) groups is 2. The van der Waals surface area contributed by atoms with E-state index in [0.29, 0.717) is 6.41 Å². The van der Waals surface area contributed by atoms with Gasteiger partial charge in [-0.2, -0.15) is 0 Å². The Morgan fingerprint density at radius 1 is 1.32 bits per heavy atom. The largest absolute Gasteiger partial charge is 0.354 e. The summed E-state index contributed by atoms with van der Waals surface area (Å²) in [5, 5.41) is 5.20. The monoisotopic (exact) mass is 302 g/mol. The van der Waals surface area contributed by atoms with Crippen molar-refractivity contribution in [1.82, 2.24) is 20.6 Å². The number of fused-ring (bicyclic) bond motifs is 1. The van der Waals surface area contributed by atoms with E-state index in [1.165, 1.54) is 5.56 Å². The Hall–Kier alpha value is -2.37. The Kier molecular flexibility index (Phi) is 5.52. The van der Waals surface area contributed by atoms with E-state index in [0.717, 1.165) is 42.7 Å². The van der Waals surface area contributed by atoms with Crippen molar-refractivity contribution < 1.29 is 9.59 Å². The third-order valence-corrected chi connectivity index (χ3v) is 3.64. The minimum atomic E-state index is -0.310. The molecule has 2 amide bonds. The average Bonchev–Trinajstić information content (AvgIpc) is 2.77. The molecule has 6 nitrogen and oxygen atoms in total. The smallest absolute Gasteiger partial charge is 0.242 e. The number of benzene rings is 1. The molecule has 1 atom stereocenters. The van der Waals surface area contributed by atoms with Gasteiger partial charge in [-0.15, -0.1) is 0 Å². The third-order valence-electron chi connectivity index (χ3n) is 3.64. The summed E-state index contributed by atoms with van der Waals surface area (Å²) in [6.07, 6.45) is 3.33. The van der Waals surface area contributed by atoms with Crippen LogP contribution in [0.25, 0.3) is 11.0 Å². The zero-order chi connectivity index (χ0) is 15.9. The Morgan fingerprint density at radius 3 is 2.86 bits per heavy atom. The van der Waals surface area contributed by atoms with Crippen molar-refractivity contribution in [3.63, 3.8) is 0 Å². The third kappa shape index (κ3) is 4.07. The van der Waals surface area contributed by atoms with E-state index in [9.17, 15) is 9.59 Å². The lowest BCUT2D eigenvalue weighted by Gasteiger charge is -2.10. The maximum absolute atomic E-state index is 11.1. The lowest BCUT2D eigenvalue weighted by atomic mass is 10.1. The van der Waals surface area contributed by atoms with E-state index in [2.05, 4.69) is 33.6 Å². The molecule has 0 aliphatic carbocycles. The number of nitrogens with zero attached hydrogens (tertiary/aromatic N) is 1. The molecule has 118 valence electrons. The number of imidazole rings is 1. The normalized spacial score (nSPS) is 17.9. The molecule has 0 bridgehead atoms. The summed E-state index contributed by atoms with van der Waals surface area (Å²) >= 11 is 0. The molecule has 1 saturated heterocycles. The van der Waals surface area contributed by atoms with Gasteiger partial charge in [0.05, 0.1) is 11.0 Å². The summed E-state index contributed by atoms with van der Waals surface area (Å²) in [5.41, 5.74) is 3.44. The number of carbonyl (C=O) groups excluding carboxylic acids is 2. The quantitative estimate of drug-likeness (QED) is 0.736. The summed E-state index contributed by atoms with van der Waals surface area (Å²) in [4.78, 5) is 28.7. The van der Waals surface area contributed by atoms with Gasteiger partial charge in [0.25, 0.3) is 0 Å². The Bertz CT molecular complexity index is 651. The van der Waals surface area contributed by atoms with Crippen molar-refractivity contribution in [3.8, 4) is 0 Å². The first-order chi connectivity index (χ1) is 10.6. The van der Waals surface area contributed by atoms with E-state index >= 15 is 0 Å². The SMILES string of the molecule is Cc1nc2c(C)cccc2[nH]1.O=CNC1CCCCNC1=O. The van der Waals surface area contributed by atoms with Gasteiger partial charge in [0.2, 0.25) is 12.3 Å². The van der Waals surface area contributed by atoms with Gasteiger partial charge in [0.15, 0.2) is 0 Å². The fourth-order valence-corrected chi connectivity index (χ4v) is 2.48. The van der Waals surface area contributed by atoms with Crippen molar-refractivity contribution in [3.05, 3.63) is 29.6 Å². The number of para-hydroxylation sites is 1. The molecule has 0 saturated carbocycles. The summed E-state index contributed by atoms with van der Waals surface area (Å²) in [5.74, 6) is 0.920. The van der Waals surface area contributed by atoms with Gasteiger partial charge in [-0.05, 0) is 44.7 Å². The molecular formula is C16H22N4O2. The topological polar surface area (TPSA) is 86.9 Å². The highest BCUT2D eigenvalue weighted by molar-refractivity contribution is 5.83. The highest BCUT2D eigenvalue weighted by Crippen LogP contribution is 2.14. The van der Waals surface area contributed by atoms with Crippen LogP contribution in [0.1, 0.15) is 30.7 Å². The predicted octanol–water partition coefficient (Wildman–Crippen LogP) is 1.58. The highest BCUT2D eigenvalue weighted by Gasteiger charge is 2.18. The first-order valence-corrected chi connectivity index (χ1v) is 7.51. The lowest BCUT2D eigenvalue weighted by Crippen LogP contribution is -2.42. The van der Waals surface area contributed by atoms with Crippen LogP contribution in [0.4, 0.5) is 0 Å². The molecular weight excluding hydrogens is 280 g/mol. The standard InChI is InChI=1S/C9H10N2.C7H12N2O2/c1-6-4-3-5-8-9(6)11-7(2)10-8;10-5-9-6-3-1-2-4-8-7(6)11/h3-5H,1-2H3,(H,10,11);5-6H,1-4H2,(H,8,11)(H,9,10). The van der Waals surface area contributed by atoms with Crippen LogP contribution in [0.5, 0.6) is 0 Å². The van der Waals surface area contributed by atoms with Gasteiger partial charge in [-0.25, -0.2) is 4.98 Å². The number of aromatic amines is 1. The maximum Gasteiger partial charge on any atom is 0.242 e.